The fourth-order valence-electron chi connectivity index (χ4n) is 1.84. The van der Waals surface area contributed by atoms with Crippen molar-refractivity contribution in [3.05, 3.63) is 65.2 Å². The summed E-state index contributed by atoms with van der Waals surface area (Å²) in [7, 11) is 0. The highest BCUT2D eigenvalue weighted by atomic mass is 16.5. The van der Waals surface area contributed by atoms with Crippen molar-refractivity contribution in [1.82, 2.24) is 0 Å². The summed E-state index contributed by atoms with van der Waals surface area (Å²) in [6.07, 6.45) is 0. The largest absolute Gasteiger partial charge is 0.462 e. The number of rotatable bonds is 5. The standard InChI is InChI=1S/C17H16N2O2/c1-2-21-17(20)15-7-9-16(10-8-15)19-12-14-5-3-13(11-18)4-6-14/h3-10,19H,2,12H2,1H3. The van der Waals surface area contributed by atoms with Gasteiger partial charge in [-0.2, -0.15) is 5.26 Å². The Labute approximate surface area is 124 Å². The second-order valence-electron chi connectivity index (χ2n) is 4.46. The van der Waals surface area contributed by atoms with Crippen LogP contribution in [0.4, 0.5) is 5.69 Å². The number of carbonyl (C=O) groups excluding carboxylic acids is 1. The van der Waals surface area contributed by atoms with Crippen molar-refractivity contribution < 1.29 is 9.53 Å². The monoisotopic (exact) mass is 280 g/mol. The zero-order chi connectivity index (χ0) is 15.1. The summed E-state index contributed by atoms with van der Waals surface area (Å²) in [6.45, 7) is 2.81. The van der Waals surface area contributed by atoms with Crippen molar-refractivity contribution >= 4 is 11.7 Å². The Hall–Kier alpha value is -2.80. The van der Waals surface area contributed by atoms with E-state index >= 15 is 0 Å². The Kier molecular flexibility index (Phi) is 4.94. The van der Waals surface area contributed by atoms with Gasteiger partial charge in [-0.15, -0.1) is 0 Å². The van der Waals surface area contributed by atoms with E-state index in [1.54, 1.807) is 31.2 Å². The summed E-state index contributed by atoms with van der Waals surface area (Å²) in [6, 6.07) is 16.7. The molecule has 0 aliphatic heterocycles. The van der Waals surface area contributed by atoms with E-state index in [2.05, 4.69) is 11.4 Å². The molecule has 2 aromatic rings. The molecule has 106 valence electrons. The Balaban J connectivity index is 1.94. The minimum atomic E-state index is -0.309. The molecule has 0 unspecified atom stereocenters. The lowest BCUT2D eigenvalue weighted by Gasteiger charge is -2.07. The zero-order valence-electron chi connectivity index (χ0n) is 11.8. The fraction of sp³-hybridized carbons (Fsp3) is 0.176. The first-order valence-corrected chi connectivity index (χ1v) is 6.73. The van der Waals surface area contributed by atoms with Gasteiger partial charge in [-0.1, -0.05) is 12.1 Å². The van der Waals surface area contributed by atoms with Crippen LogP contribution in [0.5, 0.6) is 0 Å². The predicted octanol–water partition coefficient (Wildman–Crippen LogP) is 3.35. The van der Waals surface area contributed by atoms with Crippen LogP contribution < -0.4 is 5.32 Å². The number of esters is 1. The summed E-state index contributed by atoms with van der Waals surface area (Å²) in [4.78, 5) is 11.5. The van der Waals surface area contributed by atoms with Crippen LogP contribution in [0, 0.1) is 11.3 Å². The van der Waals surface area contributed by atoms with Crippen LogP contribution in [-0.2, 0) is 11.3 Å². The van der Waals surface area contributed by atoms with Gasteiger partial charge in [0, 0.05) is 12.2 Å². The van der Waals surface area contributed by atoms with Crippen molar-refractivity contribution in [2.24, 2.45) is 0 Å². The molecule has 0 radical (unpaired) electrons. The Bertz CT molecular complexity index is 640. The molecule has 0 aromatic heterocycles. The maximum Gasteiger partial charge on any atom is 0.338 e. The van der Waals surface area contributed by atoms with Crippen molar-refractivity contribution in [2.45, 2.75) is 13.5 Å². The topological polar surface area (TPSA) is 62.1 Å². The van der Waals surface area contributed by atoms with Gasteiger partial charge in [-0.25, -0.2) is 4.79 Å². The van der Waals surface area contributed by atoms with Gasteiger partial charge in [0.25, 0.3) is 0 Å². The number of benzene rings is 2. The number of hydrogen-bond acceptors (Lipinski definition) is 4. The molecule has 0 amide bonds. The van der Waals surface area contributed by atoms with E-state index in [-0.39, 0.29) is 5.97 Å². The van der Waals surface area contributed by atoms with Gasteiger partial charge in [0.2, 0.25) is 0 Å². The molecule has 0 aliphatic carbocycles. The van der Waals surface area contributed by atoms with Crippen molar-refractivity contribution in [3.8, 4) is 6.07 Å². The van der Waals surface area contributed by atoms with Gasteiger partial charge in [-0.3, -0.25) is 0 Å². The average Bonchev–Trinajstić information content (AvgIpc) is 2.54. The van der Waals surface area contributed by atoms with Crippen LogP contribution in [0.3, 0.4) is 0 Å². The SMILES string of the molecule is CCOC(=O)c1ccc(NCc2ccc(C#N)cc2)cc1. The van der Waals surface area contributed by atoms with Gasteiger partial charge < -0.3 is 10.1 Å². The number of anilines is 1. The Morgan fingerprint density at radius 2 is 1.81 bits per heavy atom. The number of nitrogens with one attached hydrogen (secondary N) is 1. The second kappa shape index (κ2) is 7.11. The second-order valence-corrected chi connectivity index (χ2v) is 4.46. The van der Waals surface area contributed by atoms with E-state index in [0.717, 1.165) is 11.3 Å². The smallest absolute Gasteiger partial charge is 0.338 e. The van der Waals surface area contributed by atoms with E-state index in [1.807, 2.05) is 24.3 Å². The number of nitriles is 1. The van der Waals surface area contributed by atoms with Crippen LogP contribution in [-0.4, -0.2) is 12.6 Å². The van der Waals surface area contributed by atoms with Crippen LogP contribution in [0.1, 0.15) is 28.4 Å². The lowest BCUT2D eigenvalue weighted by Crippen LogP contribution is -2.05. The third kappa shape index (κ3) is 4.08. The zero-order valence-corrected chi connectivity index (χ0v) is 11.8. The molecule has 4 nitrogen and oxygen atoms in total. The first kappa shape index (κ1) is 14.6. The lowest BCUT2D eigenvalue weighted by molar-refractivity contribution is 0.0526. The lowest BCUT2D eigenvalue weighted by atomic mass is 10.1. The molecule has 2 aromatic carbocycles. The molecule has 4 heteroatoms. The molecule has 2 rings (SSSR count). The van der Waals surface area contributed by atoms with E-state index in [4.69, 9.17) is 10.00 Å². The quantitative estimate of drug-likeness (QED) is 0.853. The van der Waals surface area contributed by atoms with E-state index in [9.17, 15) is 4.79 Å². The molecule has 0 spiro atoms. The molecule has 0 atom stereocenters. The number of nitrogens with zero attached hydrogens (tertiary/aromatic N) is 1. The van der Waals surface area contributed by atoms with E-state index in [0.29, 0.717) is 24.3 Å². The summed E-state index contributed by atoms with van der Waals surface area (Å²) < 4.78 is 4.93. The van der Waals surface area contributed by atoms with Crippen LogP contribution in [0.2, 0.25) is 0 Å². The first-order chi connectivity index (χ1) is 10.2. The van der Waals surface area contributed by atoms with Crippen molar-refractivity contribution in [1.29, 1.82) is 5.26 Å². The predicted molar refractivity (Wildman–Crippen MR) is 80.9 cm³/mol. The van der Waals surface area contributed by atoms with E-state index in [1.165, 1.54) is 0 Å². The third-order valence-electron chi connectivity index (χ3n) is 2.98. The summed E-state index contributed by atoms with van der Waals surface area (Å²) in [5.41, 5.74) is 3.20. The molecule has 0 heterocycles. The molecule has 0 aliphatic rings. The summed E-state index contributed by atoms with van der Waals surface area (Å²) in [5, 5.41) is 12.0. The first-order valence-electron chi connectivity index (χ1n) is 6.73. The van der Waals surface area contributed by atoms with Gasteiger partial charge in [0.05, 0.1) is 23.8 Å². The van der Waals surface area contributed by atoms with E-state index < -0.39 is 0 Å². The Morgan fingerprint density at radius 1 is 1.14 bits per heavy atom. The number of ether oxygens (including phenoxy) is 1. The minimum absolute atomic E-state index is 0.309. The highest BCUT2D eigenvalue weighted by Gasteiger charge is 2.05. The number of hydrogen-bond donors (Lipinski definition) is 1. The number of carbonyl (C=O) groups is 1. The van der Waals surface area contributed by atoms with Gasteiger partial charge in [0.15, 0.2) is 0 Å². The highest BCUT2D eigenvalue weighted by molar-refractivity contribution is 5.89. The van der Waals surface area contributed by atoms with Crippen molar-refractivity contribution in [2.75, 3.05) is 11.9 Å². The highest BCUT2D eigenvalue weighted by Crippen LogP contribution is 2.12. The summed E-state index contributed by atoms with van der Waals surface area (Å²) in [5.74, 6) is -0.309. The van der Waals surface area contributed by atoms with Crippen LogP contribution in [0.15, 0.2) is 48.5 Å². The molecule has 1 N–H and O–H groups in total. The maximum atomic E-state index is 11.5. The average molecular weight is 280 g/mol. The van der Waals surface area contributed by atoms with Gasteiger partial charge >= 0.3 is 5.97 Å². The molecule has 0 bridgehead atoms. The molecule has 21 heavy (non-hydrogen) atoms. The molecular formula is C17H16N2O2. The third-order valence-corrected chi connectivity index (χ3v) is 2.98. The maximum absolute atomic E-state index is 11.5. The van der Waals surface area contributed by atoms with Crippen molar-refractivity contribution in [3.63, 3.8) is 0 Å². The fourth-order valence-corrected chi connectivity index (χ4v) is 1.84. The van der Waals surface area contributed by atoms with Crippen LogP contribution in [0.25, 0.3) is 0 Å². The normalized spacial score (nSPS) is 9.71. The minimum Gasteiger partial charge on any atom is -0.462 e. The molecule has 0 saturated carbocycles. The molecular weight excluding hydrogens is 264 g/mol. The van der Waals surface area contributed by atoms with Gasteiger partial charge in [-0.05, 0) is 48.9 Å². The Morgan fingerprint density at radius 3 is 2.38 bits per heavy atom. The summed E-state index contributed by atoms with van der Waals surface area (Å²) >= 11 is 0. The van der Waals surface area contributed by atoms with Gasteiger partial charge in [0.1, 0.15) is 0 Å². The van der Waals surface area contributed by atoms with Crippen LogP contribution >= 0.6 is 0 Å². The molecule has 0 fully saturated rings. The molecule has 0 saturated heterocycles.